The molecule has 0 radical (unpaired) electrons. The monoisotopic (exact) mass is 448 g/mol. The van der Waals surface area contributed by atoms with Crippen LogP contribution in [-0.4, -0.2) is 27.5 Å². The Morgan fingerprint density at radius 1 is 1.23 bits per heavy atom. The van der Waals surface area contributed by atoms with Crippen molar-refractivity contribution in [2.45, 2.75) is 26.4 Å². The molecule has 31 heavy (non-hydrogen) atoms. The van der Waals surface area contributed by atoms with E-state index in [9.17, 15) is 18.4 Å². The number of hydrogen-bond donors (Lipinski definition) is 2. The van der Waals surface area contributed by atoms with E-state index in [4.69, 9.17) is 17.3 Å². The number of aromatic amines is 1. The van der Waals surface area contributed by atoms with Gasteiger partial charge in [0.1, 0.15) is 11.6 Å². The third-order valence-electron chi connectivity index (χ3n) is 4.63. The molecule has 0 bridgehead atoms. The zero-order chi connectivity index (χ0) is 22.5. The molecule has 1 unspecified atom stereocenters. The number of ether oxygens (including phenoxy) is 1. The number of alkyl halides is 2. The van der Waals surface area contributed by atoms with Gasteiger partial charge in [-0.3, -0.25) is 14.6 Å². The summed E-state index contributed by atoms with van der Waals surface area (Å²) in [5, 5.41) is 0.352. The fourth-order valence-electron chi connectivity index (χ4n) is 3.03. The topological polar surface area (TPSA) is 111 Å². The normalized spacial score (nSPS) is 12.0. The first kappa shape index (κ1) is 22.4. The summed E-state index contributed by atoms with van der Waals surface area (Å²) >= 11 is 6.33. The highest BCUT2D eigenvalue weighted by molar-refractivity contribution is 6.33. The molecule has 0 aliphatic rings. The molecule has 7 nitrogen and oxygen atoms in total. The summed E-state index contributed by atoms with van der Waals surface area (Å²) in [5.41, 5.74) is 6.79. The van der Waals surface area contributed by atoms with Crippen molar-refractivity contribution >= 4 is 17.5 Å². The van der Waals surface area contributed by atoms with E-state index >= 15 is 0 Å². The number of halogens is 3. The van der Waals surface area contributed by atoms with Gasteiger partial charge < -0.3 is 15.5 Å². The molecule has 0 spiro atoms. The Balaban J connectivity index is 1.97. The molecule has 0 saturated heterocycles. The van der Waals surface area contributed by atoms with Gasteiger partial charge in [0.25, 0.3) is 5.56 Å². The average molecular weight is 449 g/mol. The van der Waals surface area contributed by atoms with Gasteiger partial charge in [-0.15, -0.1) is 0 Å². The van der Waals surface area contributed by atoms with Crippen molar-refractivity contribution in [3.63, 3.8) is 0 Å². The number of carbonyl (C=O) groups is 1. The molecule has 0 fully saturated rings. The number of pyridine rings is 1. The molecule has 162 valence electrons. The molecule has 0 aliphatic carbocycles. The largest absolute Gasteiger partial charge is 0.433 e. The van der Waals surface area contributed by atoms with Crippen molar-refractivity contribution in [3.8, 4) is 28.5 Å². The van der Waals surface area contributed by atoms with Crippen molar-refractivity contribution in [1.29, 1.82) is 0 Å². The molecule has 1 amide bonds. The molecule has 10 heteroatoms. The Morgan fingerprint density at radius 2 is 2.00 bits per heavy atom. The number of hydrogen-bond acceptors (Lipinski definition) is 5. The summed E-state index contributed by atoms with van der Waals surface area (Å²) in [6, 6.07) is 9.13. The van der Waals surface area contributed by atoms with Gasteiger partial charge in [0.15, 0.2) is 0 Å². The number of carbonyl (C=O) groups excluding carboxylic acids is 1. The van der Waals surface area contributed by atoms with E-state index in [2.05, 4.69) is 19.7 Å². The molecule has 0 saturated carbocycles. The maximum absolute atomic E-state index is 12.3. The quantitative estimate of drug-likeness (QED) is 0.544. The van der Waals surface area contributed by atoms with Gasteiger partial charge >= 0.3 is 6.61 Å². The lowest BCUT2D eigenvalue weighted by Crippen LogP contribution is -2.24. The molecule has 2 heterocycles. The Bertz CT molecular complexity index is 1140. The summed E-state index contributed by atoms with van der Waals surface area (Å²) in [6.07, 6.45) is 2.13. The van der Waals surface area contributed by atoms with E-state index in [0.29, 0.717) is 29.1 Å². The lowest BCUT2D eigenvalue weighted by atomic mass is 9.95. The second-order valence-electron chi connectivity index (χ2n) is 6.76. The number of H-pyrrole nitrogens is 1. The molecule has 1 aromatic carbocycles. The maximum atomic E-state index is 12.3. The standard InChI is InChI=1S/C21H19ClF2N4O3/c1-2-12(19(25)30)7-11-3-5-15(22)14(8-11)20-27-17(9-18(29)28-20)16-6-4-13(10-26-16)31-21(23)24/h3-6,8-10,12,21H,2,7H2,1H3,(H2,25,30)(H,27,28,29). The number of rotatable bonds is 8. The van der Waals surface area contributed by atoms with Gasteiger partial charge in [-0.05, 0) is 42.7 Å². The molecule has 0 aliphatic heterocycles. The van der Waals surface area contributed by atoms with Crippen LogP contribution >= 0.6 is 11.6 Å². The Kier molecular flexibility index (Phi) is 6.96. The van der Waals surface area contributed by atoms with Gasteiger partial charge in [-0.1, -0.05) is 24.6 Å². The summed E-state index contributed by atoms with van der Waals surface area (Å²) < 4.78 is 28.9. The second kappa shape index (κ2) is 9.65. The van der Waals surface area contributed by atoms with Crippen LogP contribution in [0.3, 0.4) is 0 Å². The van der Waals surface area contributed by atoms with Crippen molar-refractivity contribution in [2.75, 3.05) is 0 Å². The van der Waals surface area contributed by atoms with Gasteiger partial charge in [-0.25, -0.2) is 4.98 Å². The summed E-state index contributed by atoms with van der Waals surface area (Å²) in [7, 11) is 0. The summed E-state index contributed by atoms with van der Waals surface area (Å²) in [5.74, 6) is -0.626. The number of nitrogens with two attached hydrogens (primary N) is 1. The van der Waals surface area contributed by atoms with Crippen LogP contribution < -0.4 is 16.0 Å². The molecule has 3 rings (SSSR count). The fourth-order valence-corrected chi connectivity index (χ4v) is 3.24. The number of amides is 1. The highest BCUT2D eigenvalue weighted by Gasteiger charge is 2.16. The number of nitrogens with one attached hydrogen (secondary N) is 1. The Hall–Kier alpha value is -3.33. The minimum Gasteiger partial charge on any atom is -0.433 e. The number of nitrogens with zero attached hydrogens (tertiary/aromatic N) is 2. The number of aromatic nitrogens is 3. The smallest absolute Gasteiger partial charge is 0.387 e. The molecular formula is C21H19ClF2N4O3. The van der Waals surface area contributed by atoms with Crippen LogP contribution in [0, 0.1) is 5.92 Å². The maximum Gasteiger partial charge on any atom is 0.387 e. The first-order valence-corrected chi connectivity index (χ1v) is 9.75. The summed E-state index contributed by atoms with van der Waals surface area (Å²) in [6.45, 7) is -1.09. The van der Waals surface area contributed by atoms with Crippen LogP contribution in [0.25, 0.3) is 22.8 Å². The summed E-state index contributed by atoms with van der Waals surface area (Å²) in [4.78, 5) is 34.9. The van der Waals surface area contributed by atoms with E-state index in [1.807, 2.05) is 6.92 Å². The van der Waals surface area contributed by atoms with Crippen LogP contribution in [0.1, 0.15) is 18.9 Å². The Labute approximate surface area is 181 Å². The third-order valence-corrected chi connectivity index (χ3v) is 4.96. The minimum atomic E-state index is -2.96. The van der Waals surface area contributed by atoms with E-state index in [1.54, 1.807) is 18.2 Å². The average Bonchev–Trinajstić information content (AvgIpc) is 2.72. The molecule has 1 atom stereocenters. The first-order valence-electron chi connectivity index (χ1n) is 9.37. The lowest BCUT2D eigenvalue weighted by molar-refractivity contribution is -0.121. The predicted octanol–water partition coefficient (Wildman–Crippen LogP) is 3.81. The van der Waals surface area contributed by atoms with Gasteiger partial charge in [0.2, 0.25) is 5.91 Å². The van der Waals surface area contributed by atoms with Crippen LogP contribution in [-0.2, 0) is 11.2 Å². The van der Waals surface area contributed by atoms with E-state index < -0.39 is 18.1 Å². The zero-order valence-electron chi connectivity index (χ0n) is 16.4. The SMILES string of the molecule is CCC(Cc1ccc(Cl)c(-c2nc(-c3ccc(OC(F)F)cn3)cc(=O)[nH]2)c1)C(N)=O. The Morgan fingerprint density at radius 3 is 2.61 bits per heavy atom. The van der Waals surface area contributed by atoms with E-state index in [-0.39, 0.29) is 23.2 Å². The van der Waals surface area contributed by atoms with Crippen molar-refractivity contribution in [2.24, 2.45) is 11.7 Å². The number of benzene rings is 1. The van der Waals surface area contributed by atoms with Crippen molar-refractivity contribution in [3.05, 3.63) is 63.5 Å². The zero-order valence-corrected chi connectivity index (χ0v) is 17.2. The van der Waals surface area contributed by atoms with Crippen LogP contribution in [0.15, 0.2) is 47.4 Å². The highest BCUT2D eigenvalue weighted by Crippen LogP contribution is 2.28. The van der Waals surface area contributed by atoms with Crippen molar-refractivity contribution in [1.82, 2.24) is 15.0 Å². The minimum absolute atomic E-state index is 0.112. The van der Waals surface area contributed by atoms with Gasteiger partial charge in [0.05, 0.1) is 22.6 Å². The van der Waals surface area contributed by atoms with Gasteiger partial charge in [-0.2, -0.15) is 8.78 Å². The van der Waals surface area contributed by atoms with Crippen LogP contribution in [0.4, 0.5) is 8.78 Å². The second-order valence-corrected chi connectivity index (χ2v) is 7.17. The highest BCUT2D eigenvalue weighted by atomic mass is 35.5. The van der Waals surface area contributed by atoms with E-state index in [0.717, 1.165) is 11.8 Å². The van der Waals surface area contributed by atoms with Crippen molar-refractivity contribution < 1.29 is 18.3 Å². The first-order chi connectivity index (χ1) is 14.8. The molecule has 3 N–H and O–H groups in total. The van der Waals surface area contributed by atoms with Crippen LogP contribution in [0.2, 0.25) is 5.02 Å². The molecular weight excluding hydrogens is 430 g/mol. The number of primary amides is 1. The fraction of sp³-hybridized carbons (Fsp3) is 0.238. The third kappa shape index (κ3) is 5.64. The van der Waals surface area contributed by atoms with E-state index in [1.165, 1.54) is 18.2 Å². The predicted molar refractivity (Wildman–Crippen MR) is 112 cm³/mol. The molecule has 2 aromatic heterocycles. The molecule has 3 aromatic rings. The van der Waals surface area contributed by atoms with Gasteiger partial charge in [0, 0.05) is 17.5 Å². The van der Waals surface area contributed by atoms with Crippen LogP contribution in [0.5, 0.6) is 5.75 Å². The lowest BCUT2D eigenvalue weighted by Gasteiger charge is -2.13.